The summed E-state index contributed by atoms with van der Waals surface area (Å²) in [4.78, 5) is 0. The van der Waals surface area contributed by atoms with Gasteiger partial charge in [-0.05, 0) is 0 Å². The minimum atomic E-state index is -2.53. The van der Waals surface area contributed by atoms with Gasteiger partial charge in [-0.15, -0.1) is 0 Å². The minimum Gasteiger partial charge on any atom is -1.00 e. The van der Waals surface area contributed by atoms with Crippen molar-refractivity contribution in [3.63, 3.8) is 0 Å². The molecule has 0 unspecified atom stereocenters. The summed E-state index contributed by atoms with van der Waals surface area (Å²) >= 11 is 2.54. The monoisotopic (exact) mass is 560 g/mol. The van der Waals surface area contributed by atoms with Crippen molar-refractivity contribution in [3.05, 3.63) is 112 Å². The van der Waals surface area contributed by atoms with Crippen molar-refractivity contribution in [1.82, 2.24) is 0 Å². The Morgan fingerprint density at radius 3 is 1.24 bits per heavy atom. The molecule has 4 rings (SSSR count). The Hall–Kier alpha value is -1.06. The molecule has 0 heterocycles. The van der Waals surface area contributed by atoms with Crippen LogP contribution in [0.15, 0.2) is 101 Å². The molecule has 0 saturated carbocycles. The summed E-state index contributed by atoms with van der Waals surface area (Å²) in [6, 6.07) is 29.6. The second kappa shape index (κ2) is 11.8. The van der Waals surface area contributed by atoms with Crippen molar-refractivity contribution in [2.45, 2.75) is 44.9 Å². The van der Waals surface area contributed by atoms with E-state index < -0.39 is 8.07 Å². The molecule has 34 heavy (non-hydrogen) atoms. The predicted octanol–water partition coefficient (Wildman–Crippen LogP) is -3.28. The largest absolute Gasteiger partial charge is 1.00 e. The molecule has 0 fully saturated rings. The van der Waals surface area contributed by atoms with Gasteiger partial charge in [-0.3, -0.25) is 0 Å². The Morgan fingerprint density at radius 2 is 0.882 bits per heavy atom. The Morgan fingerprint density at radius 1 is 0.529 bits per heavy atom. The average molecular weight is 562 g/mol. The molecule has 0 nitrogen and oxygen atoms in total. The van der Waals surface area contributed by atoms with Gasteiger partial charge in [-0.2, -0.15) is 0 Å². The first-order chi connectivity index (χ1) is 14.8. The maximum atomic E-state index is 2.54. The Balaban J connectivity index is 0.00000193. The van der Waals surface area contributed by atoms with Gasteiger partial charge in [0.25, 0.3) is 0 Å². The molecule has 1 aliphatic carbocycles. The summed E-state index contributed by atoms with van der Waals surface area (Å²) in [7, 11) is -2.53. The van der Waals surface area contributed by atoms with Crippen LogP contribution >= 0.6 is 0 Å². The van der Waals surface area contributed by atoms with Gasteiger partial charge in [0.2, 0.25) is 0 Å². The Labute approximate surface area is 237 Å². The van der Waals surface area contributed by atoms with Crippen LogP contribution in [0.3, 0.4) is 0 Å². The molecule has 0 amide bonds. The quantitative estimate of drug-likeness (QED) is 0.232. The fourth-order valence-corrected chi connectivity index (χ4v) is 14.7. The molecular formula is C29H31Cl3SiTi. The third-order valence-corrected chi connectivity index (χ3v) is 16.4. The number of halogens is 3. The van der Waals surface area contributed by atoms with Crippen molar-refractivity contribution >= 4 is 23.6 Å². The van der Waals surface area contributed by atoms with Gasteiger partial charge in [0.05, 0.1) is 0 Å². The first-order valence-electron chi connectivity index (χ1n) is 11.1. The smallest absolute Gasteiger partial charge is 1.00 e. The van der Waals surface area contributed by atoms with E-state index >= 15 is 0 Å². The first kappa shape index (κ1) is 31.0. The van der Waals surface area contributed by atoms with E-state index in [4.69, 9.17) is 0 Å². The van der Waals surface area contributed by atoms with E-state index in [2.05, 4.69) is 141 Å². The van der Waals surface area contributed by atoms with E-state index in [-0.39, 0.29) is 40.6 Å². The summed E-state index contributed by atoms with van der Waals surface area (Å²) in [6.45, 7) is 14.0. The van der Waals surface area contributed by atoms with E-state index in [1.165, 1.54) is 43.8 Å². The van der Waals surface area contributed by atoms with Crippen LogP contribution in [0.2, 0.25) is 3.34 Å². The third-order valence-electron chi connectivity index (χ3n) is 7.64. The van der Waals surface area contributed by atoms with E-state index in [0.29, 0.717) is 0 Å². The fraction of sp³-hybridized carbons (Fsp3) is 0.241. The molecule has 0 aliphatic heterocycles. The van der Waals surface area contributed by atoms with Crippen molar-refractivity contribution in [3.8, 4) is 0 Å². The number of aryl methyl sites for hydroxylation is 2. The second-order valence-corrected chi connectivity index (χ2v) is 14.9. The van der Waals surface area contributed by atoms with Crippen molar-refractivity contribution < 1.29 is 57.7 Å². The number of hydrogen-bond donors (Lipinski definition) is 0. The second-order valence-electron chi connectivity index (χ2n) is 9.00. The van der Waals surface area contributed by atoms with Gasteiger partial charge in [0, 0.05) is 0 Å². The van der Waals surface area contributed by atoms with Crippen LogP contribution in [0.4, 0.5) is 0 Å². The Kier molecular flexibility index (Phi) is 10.7. The number of hydrogen-bond acceptors (Lipinski definition) is 0. The predicted molar refractivity (Wildman–Crippen MR) is 133 cm³/mol. The summed E-state index contributed by atoms with van der Waals surface area (Å²) in [5.74, 6) is 0. The molecular weight excluding hydrogens is 531 g/mol. The molecule has 0 atom stereocenters. The van der Waals surface area contributed by atoms with Crippen molar-refractivity contribution in [2.24, 2.45) is 0 Å². The van der Waals surface area contributed by atoms with Crippen LogP contribution in [-0.2, 0) is 20.4 Å². The molecule has 0 N–H and O–H groups in total. The van der Waals surface area contributed by atoms with Gasteiger partial charge in [0.15, 0.2) is 0 Å². The van der Waals surface area contributed by atoms with E-state index in [0.717, 1.165) is 0 Å². The zero-order valence-electron chi connectivity index (χ0n) is 20.6. The SMILES string of the molecule is CC1=C(C)[C]([Ti+3])([Si](c2ccccc2)(c2ccccc2)c2c(C)cccc2C)C(C)=C1C.[Cl-].[Cl-].[Cl-]. The zero-order valence-corrected chi connectivity index (χ0v) is 25.5. The fourth-order valence-electron chi connectivity index (χ4n) is 5.83. The van der Waals surface area contributed by atoms with Crippen LogP contribution < -0.4 is 52.8 Å². The van der Waals surface area contributed by atoms with Crippen molar-refractivity contribution in [2.75, 3.05) is 0 Å². The van der Waals surface area contributed by atoms with Crippen LogP contribution in [0.5, 0.6) is 0 Å². The van der Waals surface area contributed by atoms with E-state index in [1.54, 1.807) is 5.19 Å². The zero-order chi connectivity index (χ0) is 22.4. The molecule has 176 valence electrons. The maximum absolute atomic E-state index is 2.54. The molecule has 1 aliphatic rings. The van der Waals surface area contributed by atoms with Gasteiger partial charge in [-0.1, -0.05) is 0 Å². The van der Waals surface area contributed by atoms with E-state index in [9.17, 15) is 0 Å². The minimum absolute atomic E-state index is 0. The van der Waals surface area contributed by atoms with Gasteiger partial charge < -0.3 is 37.2 Å². The summed E-state index contributed by atoms with van der Waals surface area (Å²) in [5.41, 5.74) is 8.81. The van der Waals surface area contributed by atoms with Crippen LogP contribution in [0, 0.1) is 13.8 Å². The van der Waals surface area contributed by atoms with Gasteiger partial charge in [-0.25, -0.2) is 0 Å². The number of benzene rings is 3. The topological polar surface area (TPSA) is 0 Å². The molecule has 3 aromatic carbocycles. The molecule has 0 bridgehead atoms. The molecule has 0 saturated heterocycles. The summed E-state index contributed by atoms with van der Waals surface area (Å²) in [5, 5.41) is 4.54. The number of allylic oxidation sites excluding steroid dienone is 4. The summed E-state index contributed by atoms with van der Waals surface area (Å²) in [6.07, 6.45) is 0. The molecule has 0 radical (unpaired) electrons. The molecule has 0 spiro atoms. The third kappa shape index (κ3) is 4.34. The summed E-state index contributed by atoms with van der Waals surface area (Å²) < 4.78 is -0.0409. The van der Waals surface area contributed by atoms with Crippen LogP contribution in [0.25, 0.3) is 0 Å². The molecule has 5 heteroatoms. The standard InChI is InChI=1S/C29H31Si.3ClH.Ti/c1-20-14-13-15-21(2)28(20)30(26-16-9-7-10-17-26,27-18-11-8-12-19-27)29-24(5)22(3)23(4)25(29)6;;;;/h7-19H,1-6H3;3*1H;/q;;;;+3/p-3. The maximum Gasteiger partial charge on any atom is -1.00 e. The first-order valence-corrected chi connectivity index (χ1v) is 13.8. The molecule has 3 aromatic rings. The molecule has 0 aromatic heterocycles. The van der Waals surface area contributed by atoms with Gasteiger partial charge in [0.1, 0.15) is 0 Å². The van der Waals surface area contributed by atoms with Crippen molar-refractivity contribution in [1.29, 1.82) is 0 Å². The van der Waals surface area contributed by atoms with Crippen LogP contribution in [0.1, 0.15) is 38.8 Å². The van der Waals surface area contributed by atoms with Crippen LogP contribution in [-0.4, -0.2) is 8.07 Å². The Bertz CT molecular complexity index is 1120. The number of rotatable bonds is 4. The normalized spacial score (nSPS) is 14.8. The van der Waals surface area contributed by atoms with Gasteiger partial charge >= 0.3 is 201 Å². The van der Waals surface area contributed by atoms with E-state index in [1.807, 2.05) is 0 Å². The average Bonchev–Trinajstić information content (AvgIpc) is 2.93.